The molecule has 0 saturated carbocycles. The minimum atomic E-state index is -0.454. The average Bonchev–Trinajstić information content (AvgIpc) is 3.66. The van der Waals surface area contributed by atoms with E-state index in [9.17, 15) is 38.4 Å². The molecule has 0 aliphatic carbocycles. The highest BCUT2D eigenvalue weighted by Crippen LogP contribution is 2.28. The second-order valence-corrected chi connectivity index (χ2v) is 8.42. The van der Waals surface area contributed by atoms with E-state index >= 15 is 0 Å². The van der Waals surface area contributed by atoms with Crippen molar-refractivity contribution < 1.29 is 38.4 Å². The Balaban J connectivity index is 0.000000161. The van der Waals surface area contributed by atoms with Gasteiger partial charge in [0, 0.05) is 48.6 Å². The second kappa shape index (κ2) is 10.0. The molecule has 6 rings (SSSR count). The number of nitrogens with zero attached hydrogens (tertiary/aromatic N) is 4. The molecule has 0 bridgehead atoms. The van der Waals surface area contributed by atoms with E-state index < -0.39 is 47.3 Å². The van der Waals surface area contributed by atoms with Gasteiger partial charge in [-0.2, -0.15) is 0 Å². The minimum absolute atomic E-state index is 0.315. The Bertz CT molecular complexity index is 1370. The molecule has 0 fully saturated rings. The number of benzene rings is 2. The number of hydrogen-bond acceptors (Lipinski definition) is 8. The van der Waals surface area contributed by atoms with Crippen LogP contribution in [0.1, 0.15) is 0 Å². The lowest BCUT2D eigenvalue weighted by molar-refractivity contribution is -0.121. The molecule has 0 aromatic heterocycles. The van der Waals surface area contributed by atoms with Crippen LogP contribution in [-0.2, 0) is 38.4 Å². The van der Waals surface area contributed by atoms with Crippen LogP contribution in [0.2, 0.25) is 0 Å². The highest BCUT2D eigenvalue weighted by molar-refractivity contribution is 6.31. The molecule has 2 aromatic rings. The zero-order valence-corrected chi connectivity index (χ0v) is 20.3. The van der Waals surface area contributed by atoms with Gasteiger partial charge in [0.2, 0.25) is 0 Å². The quantitative estimate of drug-likeness (QED) is 0.527. The van der Waals surface area contributed by atoms with Gasteiger partial charge in [0.05, 0.1) is 22.7 Å². The normalized spacial score (nSPS) is 17.8. The van der Waals surface area contributed by atoms with E-state index in [1.54, 1.807) is 36.4 Å². The molecule has 4 heterocycles. The standard InChI is InChI=1S/2C14H8N2O4/c2*17-11-4-5-12(18)15(11)9-2-1-3-10(8-9)16-13(19)6-7-14(16)20/h2*1-8H. The first-order valence-electron chi connectivity index (χ1n) is 11.6. The molecule has 0 atom stereocenters. The molecule has 2 aromatic carbocycles. The Morgan fingerprint density at radius 1 is 0.300 bits per heavy atom. The Hall–Kier alpha value is -6.04. The van der Waals surface area contributed by atoms with E-state index in [-0.39, 0.29) is 0 Å². The number of imide groups is 4. The largest absolute Gasteiger partial charge is 0.269 e. The van der Waals surface area contributed by atoms with Gasteiger partial charge in [-0.05, 0) is 36.4 Å². The van der Waals surface area contributed by atoms with Gasteiger partial charge < -0.3 is 0 Å². The summed E-state index contributed by atoms with van der Waals surface area (Å²) < 4.78 is 0. The van der Waals surface area contributed by atoms with Crippen LogP contribution in [0.5, 0.6) is 0 Å². The SMILES string of the molecule is O=C1C=CC(=O)N1c1cccc(N2C(=O)C=CC2=O)c1.O=C1C=CC(=O)N1c1cccc(N2C(=O)C=CC2=O)c1. The van der Waals surface area contributed by atoms with Gasteiger partial charge >= 0.3 is 0 Å². The van der Waals surface area contributed by atoms with Gasteiger partial charge in [-0.3, -0.25) is 38.4 Å². The van der Waals surface area contributed by atoms with Crippen molar-refractivity contribution in [3.05, 3.63) is 97.1 Å². The maximum Gasteiger partial charge on any atom is 0.258 e. The average molecular weight is 536 g/mol. The summed E-state index contributed by atoms with van der Waals surface area (Å²) in [6.07, 6.45) is 9.35. The van der Waals surface area contributed by atoms with E-state index in [0.29, 0.717) is 22.7 Å². The topological polar surface area (TPSA) is 150 Å². The van der Waals surface area contributed by atoms with Gasteiger partial charge in [-0.15, -0.1) is 0 Å². The summed E-state index contributed by atoms with van der Waals surface area (Å²) in [4.78, 5) is 96.7. The molecular weight excluding hydrogens is 520 g/mol. The molecule has 12 nitrogen and oxygen atoms in total. The van der Waals surface area contributed by atoms with Crippen LogP contribution < -0.4 is 19.6 Å². The van der Waals surface area contributed by atoms with Crippen LogP contribution in [0.25, 0.3) is 0 Å². The minimum Gasteiger partial charge on any atom is -0.269 e. The van der Waals surface area contributed by atoms with Gasteiger partial charge in [-0.25, -0.2) is 19.6 Å². The molecule has 40 heavy (non-hydrogen) atoms. The second-order valence-electron chi connectivity index (χ2n) is 8.42. The van der Waals surface area contributed by atoms with Crippen LogP contribution in [0, 0.1) is 0 Å². The summed E-state index contributed by atoms with van der Waals surface area (Å²) in [7, 11) is 0. The first kappa shape index (κ1) is 25.6. The van der Waals surface area contributed by atoms with Crippen LogP contribution in [0.4, 0.5) is 22.7 Å². The number of carbonyl (C=O) groups is 8. The summed E-state index contributed by atoms with van der Waals surface area (Å²) in [6.45, 7) is 0. The smallest absolute Gasteiger partial charge is 0.258 e. The molecule has 12 heteroatoms. The lowest BCUT2D eigenvalue weighted by atomic mass is 10.2. The van der Waals surface area contributed by atoms with Crippen molar-refractivity contribution in [1.29, 1.82) is 0 Å². The Kier molecular flexibility index (Phi) is 6.41. The Morgan fingerprint density at radius 2 is 0.475 bits per heavy atom. The van der Waals surface area contributed by atoms with Gasteiger partial charge in [0.15, 0.2) is 0 Å². The van der Waals surface area contributed by atoms with E-state index in [1.165, 1.54) is 60.7 Å². The van der Waals surface area contributed by atoms with E-state index in [2.05, 4.69) is 0 Å². The highest BCUT2D eigenvalue weighted by atomic mass is 16.2. The van der Waals surface area contributed by atoms with Crippen molar-refractivity contribution in [3.63, 3.8) is 0 Å². The molecule has 0 spiro atoms. The third kappa shape index (κ3) is 4.56. The number of hydrogen-bond donors (Lipinski definition) is 0. The highest BCUT2D eigenvalue weighted by Gasteiger charge is 2.30. The summed E-state index contributed by atoms with van der Waals surface area (Å²) >= 11 is 0. The molecule has 0 radical (unpaired) electrons. The zero-order chi connectivity index (χ0) is 28.6. The van der Waals surface area contributed by atoms with E-state index in [0.717, 1.165) is 19.6 Å². The van der Waals surface area contributed by atoms with Crippen LogP contribution in [0.3, 0.4) is 0 Å². The van der Waals surface area contributed by atoms with Crippen LogP contribution in [-0.4, -0.2) is 47.3 Å². The Labute approximate surface area is 225 Å². The van der Waals surface area contributed by atoms with Crippen molar-refractivity contribution in [3.8, 4) is 0 Å². The molecule has 4 aliphatic heterocycles. The molecule has 4 aliphatic rings. The van der Waals surface area contributed by atoms with Gasteiger partial charge in [-0.1, -0.05) is 12.1 Å². The van der Waals surface area contributed by atoms with Crippen LogP contribution in [0.15, 0.2) is 97.1 Å². The van der Waals surface area contributed by atoms with Gasteiger partial charge in [0.1, 0.15) is 0 Å². The molecule has 196 valence electrons. The van der Waals surface area contributed by atoms with Crippen molar-refractivity contribution in [1.82, 2.24) is 0 Å². The first-order chi connectivity index (χ1) is 19.2. The fourth-order valence-electron chi connectivity index (χ4n) is 4.16. The predicted octanol–water partition coefficient (Wildman–Crippen LogP) is 1.09. The van der Waals surface area contributed by atoms with Crippen molar-refractivity contribution in [2.45, 2.75) is 0 Å². The fraction of sp³-hybridized carbons (Fsp3) is 0. The summed E-state index contributed by atoms with van der Waals surface area (Å²) in [5.74, 6) is -3.63. The first-order valence-corrected chi connectivity index (χ1v) is 11.6. The van der Waals surface area contributed by atoms with E-state index in [1.807, 2.05) is 0 Å². The monoisotopic (exact) mass is 536 g/mol. The maximum atomic E-state index is 11.6. The third-order valence-electron chi connectivity index (χ3n) is 5.93. The lowest BCUT2D eigenvalue weighted by Gasteiger charge is -2.18. The Morgan fingerprint density at radius 3 is 0.650 bits per heavy atom. The number of anilines is 4. The zero-order valence-electron chi connectivity index (χ0n) is 20.3. The molecule has 8 amide bonds. The van der Waals surface area contributed by atoms with Crippen molar-refractivity contribution in [2.75, 3.05) is 19.6 Å². The van der Waals surface area contributed by atoms with Gasteiger partial charge in [0.25, 0.3) is 47.3 Å². The molecule has 0 N–H and O–H groups in total. The summed E-state index contributed by atoms with van der Waals surface area (Å²) in [5.41, 5.74) is 1.26. The fourth-order valence-corrected chi connectivity index (χ4v) is 4.16. The third-order valence-corrected chi connectivity index (χ3v) is 5.93. The van der Waals surface area contributed by atoms with E-state index in [4.69, 9.17) is 0 Å². The number of carbonyl (C=O) groups excluding carboxylic acids is 8. The maximum absolute atomic E-state index is 11.6. The number of amides is 8. The van der Waals surface area contributed by atoms with Crippen molar-refractivity contribution >= 4 is 70.0 Å². The van der Waals surface area contributed by atoms with Crippen LogP contribution >= 0.6 is 0 Å². The number of rotatable bonds is 4. The summed E-state index contributed by atoms with van der Waals surface area (Å²) in [6, 6.07) is 12.3. The van der Waals surface area contributed by atoms with Crippen molar-refractivity contribution in [2.24, 2.45) is 0 Å². The molecular formula is C28H16N4O8. The molecule has 0 saturated heterocycles. The molecule has 0 unspecified atom stereocenters. The predicted molar refractivity (Wildman–Crippen MR) is 139 cm³/mol. The lowest BCUT2D eigenvalue weighted by Crippen LogP contribution is -2.31. The summed E-state index contributed by atoms with van der Waals surface area (Å²) in [5, 5.41) is 0.